The summed E-state index contributed by atoms with van der Waals surface area (Å²) in [5, 5.41) is 3.54. The minimum atomic E-state index is -0.916. The van der Waals surface area contributed by atoms with Crippen LogP contribution in [0.3, 0.4) is 0 Å². The molecule has 0 saturated carbocycles. The zero-order valence-electron chi connectivity index (χ0n) is 12.2. The van der Waals surface area contributed by atoms with Gasteiger partial charge in [0, 0.05) is 16.7 Å². The molecule has 22 heavy (non-hydrogen) atoms. The second kappa shape index (κ2) is 4.96. The topological polar surface area (TPSA) is 131 Å². The largest absolute Gasteiger partial charge is 0.343 e. The van der Waals surface area contributed by atoms with Gasteiger partial charge in [-0.05, 0) is 26.3 Å². The lowest BCUT2D eigenvalue weighted by Gasteiger charge is -2.23. The molecule has 2 fully saturated rings. The van der Waals surface area contributed by atoms with E-state index in [1.54, 1.807) is 20.8 Å². The highest BCUT2D eigenvalue weighted by atomic mass is 16.8. The number of ether oxygens (including phenoxy) is 3. The minimum Gasteiger partial charge on any atom is -0.343 e. The van der Waals surface area contributed by atoms with Crippen LogP contribution in [0.15, 0.2) is 20.9 Å². The number of rotatable bonds is 2. The third-order valence-electron chi connectivity index (χ3n) is 3.59. The van der Waals surface area contributed by atoms with Crippen molar-refractivity contribution in [1.82, 2.24) is 9.55 Å². The van der Waals surface area contributed by atoms with Gasteiger partial charge in [-0.25, -0.2) is 4.79 Å². The van der Waals surface area contributed by atoms with E-state index >= 15 is 0 Å². The molecule has 1 N–H and O–H groups in total. The summed E-state index contributed by atoms with van der Waals surface area (Å²) in [5.74, 6) is -0.887. The minimum absolute atomic E-state index is 0.352. The Labute approximate surface area is 124 Å². The van der Waals surface area contributed by atoms with E-state index in [0.29, 0.717) is 5.56 Å². The summed E-state index contributed by atoms with van der Waals surface area (Å²) in [5.41, 5.74) is 7.89. The number of hydrogen-bond donors (Lipinski definition) is 1. The van der Waals surface area contributed by atoms with E-state index in [0.717, 1.165) is 0 Å². The van der Waals surface area contributed by atoms with E-state index < -0.39 is 41.7 Å². The van der Waals surface area contributed by atoms with Crippen LogP contribution in [0, 0.1) is 6.92 Å². The average molecular weight is 309 g/mol. The zero-order valence-corrected chi connectivity index (χ0v) is 12.2. The quantitative estimate of drug-likeness (QED) is 0.483. The van der Waals surface area contributed by atoms with Crippen molar-refractivity contribution in [1.29, 1.82) is 0 Å². The second-order valence-electron chi connectivity index (χ2n) is 5.67. The number of hydrogen-bond acceptors (Lipinski definition) is 6. The number of aromatic amines is 1. The molecule has 0 aromatic carbocycles. The summed E-state index contributed by atoms with van der Waals surface area (Å²) in [7, 11) is 0. The Morgan fingerprint density at radius 3 is 2.73 bits per heavy atom. The predicted octanol–water partition coefficient (Wildman–Crippen LogP) is 0.530. The van der Waals surface area contributed by atoms with E-state index in [1.807, 2.05) is 0 Å². The molecule has 0 bridgehead atoms. The Hall–Kier alpha value is -2.13. The van der Waals surface area contributed by atoms with Gasteiger partial charge in [0.1, 0.15) is 12.2 Å². The Balaban J connectivity index is 2.04. The Morgan fingerprint density at radius 2 is 2.05 bits per heavy atom. The Kier molecular flexibility index (Phi) is 3.33. The summed E-state index contributed by atoms with van der Waals surface area (Å²) in [6.07, 6.45) is -1.65. The van der Waals surface area contributed by atoms with Crippen molar-refractivity contribution in [3.8, 4) is 0 Å². The number of aromatic nitrogens is 2. The van der Waals surface area contributed by atoms with Gasteiger partial charge in [0.2, 0.25) is 0 Å². The lowest BCUT2D eigenvalue weighted by atomic mass is 10.2. The molecular formula is C12H15N5O5. The molecule has 10 heteroatoms. The van der Waals surface area contributed by atoms with Crippen LogP contribution in [0.25, 0.3) is 10.4 Å². The van der Waals surface area contributed by atoms with Gasteiger partial charge in [0.25, 0.3) is 5.56 Å². The maximum Gasteiger partial charge on any atom is 0.330 e. The van der Waals surface area contributed by atoms with Crippen LogP contribution in [-0.4, -0.2) is 33.8 Å². The molecule has 1 aromatic rings. The number of fused-ring (bicyclic) bond motifs is 1. The van der Waals surface area contributed by atoms with E-state index in [9.17, 15) is 9.59 Å². The van der Waals surface area contributed by atoms with Gasteiger partial charge in [-0.1, -0.05) is 5.11 Å². The highest BCUT2D eigenvalue weighted by Crippen LogP contribution is 2.42. The first kappa shape index (κ1) is 14.8. The lowest BCUT2D eigenvalue weighted by Crippen LogP contribution is -2.38. The third-order valence-corrected chi connectivity index (χ3v) is 3.59. The Morgan fingerprint density at radius 1 is 1.36 bits per heavy atom. The van der Waals surface area contributed by atoms with Crippen molar-refractivity contribution in [3.63, 3.8) is 0 Å². The number of aryl methyl sites for hydroxylation is 1. The van der Waals surface area contributed by atoms with Crippen molar-refractivity contribution in [2.45, 2.75) is 51.2 Å². The van der Waals surface area contributed by atoms with Gasteiger partial charge < -0.3 is 14.2 Å². The van der Waals surface area contributed by atoms with Crippen molar-refractivity contribution in [2.75, 3.05) is 0 Å². The van der Waals surface area contributed by atoms with Gasteiger partial charge in [-0.3, -0.25) is 14.3 Å². The van der Waals surface area contributed by atoms with Crippen LogP contribution in [-0.2, 0) is 14.2 Å². The molecule has 0 spiro atoms. The normalized spacial score (nSPS) is 32.5. The molecule has 118 valence electrons. The van der Waals surface area contributed by atoms with Crippen LogP contribution in [0.2, 0.25) is 0 Å². The second-order valence-corrected chi connectivity index (χ2v) is 5.67. The first-order chi connectivity index (χ1) is 10.3. The van der Waals surface area contributed by atoms with E-state index in [4.69, 9.17) is 19.7 Å². The van der Waals surface area contributed by atoms with Gasteiger partial charge in [-0.15, -0.1) is 0 Å². The highest BCUT2D eigenvalue weighted by Gasteiger charge is 2.56. The summed E-state index contributed by atoms with van der Waals surface area (Å²) < 4.78 is 18.3. The number of azide groups is 1. The first-order valence-corrected chi connectivity index (χ1v) is 6.70. The third kappa shape index (κ3) is 2.32. The average Bonchev–Trinajstić information content (AvgIpc) is 2.89. The first-order valence-electron chi connectivity index (χ1n) is 6.70. The number of nitrogens with one attached hydrogen (secondary N) is 1. The van der Waals surface area contributed by atoms with Crippen LogP contribution >= 0.6 is 0 Å². The molecule has 1 aromatic heterocycles. The molecule has 2 aliphatic rings. The molecule has 0 amide bonds. The molecule has 4 atom stereocenters. The van der Waals surface area contributed by atoms with Crippen LogP contribution in [0.5, 0.6) is 0 Å². The van der Waals surface area contributed by atoms with Crippen LogP contribution in [0.1, 0.15) is 25.6 Å². The Bertz CT molecular complexity index is 762. The zero-order chi connectivity index (χ0) is 16.1. The highest BCUT2D eigenvalue weighted by molar-refractivity contribution is 5.04. The van der Waals surface area contributed by atoms with Crippen LogP contribution in [0.4, 0.5) is 0 Å². The van der Waals surface area contributed by atoms with Gasteiger partial charge in [-0.2, -0.15) is 0 Å². The van der Waals surface area contributed by atoms with E-state index in [-0.39, 0.29) is 0 Å². The maximum atomic E-state index is 12.0. The monoisotopic (exact) mass is 309 g/mol. The fourth-order valence-corrected chi connectivity index (χ4v) is 2.70. The molecule has 3 heterocycles. The fraction of sp³-hybridized carbons (Fsp3) is 0.667. The summed E-state index contributed by atoms with van der Waals surface area (Å²) in [6, 6.07) is 0. The SMILES string of the molecule is Cc1cn([C@@H]2O[C@H](N=[N+]=[N-])[C@H]3OC(C)(C)O[C@H]32)c(=O)[nH]c1=O. The molecule has 3 rings (SSSR count). The smallest absolute Gasteiger partial charge is 0.330 e. The molecule has 10 nitrogen and oxygen atoms in total. The summed E-state index contributed by atoms with van der Waals surface area (Å²) in [6.45, 7) is 5.01. The van der Waals surface area contributed by atoms with Crippen LogP contribution < -0.4 is 11.2 Å². The van der Waals surface area contributed by atoms with Gasteiger partial charge in [0.05, 0.1) is 0 Å². The number of nitrogens with zero attached hydrogens (tertiary/aromatic N) is 4. The molecule has 2 aliphatic heterocycles. The molecular weight excluding hydrogens is 294 g/mol. The van der Waals surface area contributed by atoms with Crippen molar-refractivity contribution in [3.05, 3.63) is 43.0 Å². The fourth-order valence-electron chi connectivity index (χ4n) is 2.70. The molecule has 2 saturated heterocycles. The van der Waals surface area contributed by atoms with Crippen molar-refractivity contribution in [2.24, 2.45) is 5.11 Å². The number of H-pyrrole nitrogens is 1. The van der Waals surface area contributed by atoms with Crippen molar-refractivity contribution < 1.29 is 14.2 Å². The van der Waals surface area contributed by atoms with Crippen molar-refractivity contribution >= 4 is 0 Å². The summed E-state index contributed by atoms with van der Waals surface area (Å²) >= 11 is 0. The molecule has 0 aliphatic carbocycles. The van der Waals surface area contributed by atoms with Gasteiger partial charge in [0.15, 0.2) is 18.2 Å². The standard InChI is InChI=1S/C12H15N5O5/c1-5-4-17(11(19)14-8(5)18)10-7-6(9(20-10)15-16-13)21-12(2,3)22-7/h4,6-7,9-10H,1-3H3,(H,14,18,19)/t6-,7+,9-,10+/m0/s1. The summed E-state index contributed by atoms with van der Waals surface area (Å²) in [4.78, 5) is 28.4. The van der Waals surface area contributed by atoms with Gasteiger partial charge >= 0.3 is 5.69 Å². The lowest BCUT2D eigenvalue weighted by molar-refractivity contribution is -0.196. The molecule has 0 unspecified atom stereocenters. The van der Waals surface area contributed by atoms with E-state index in [1.165, 1.54) is 10.8 Å². The predicted molar refractivity (Wildman–Crippen MR) is 72.9 cm³/mol. The maximum absolute atomic E-state index is 12.0. The molecule has 0 radical (unpaired) electrons. The van der Waals surface area contributed by atoms with E-state index in [2.05, 4.69) is 15.0 Å².